The smallest absolute Gasteiger partial charge is 0.147 e. The number of amidine groups is 1. The minimum atomic E-state index is -0.135. The van der Waals surface area contributed by atoms with E-state index >= 15 is 0 Å². The quantitative estimate of drug-likeness (QED) is 0.867. The number of rotatable bonds is 2. The third kappa shape index (κ3) is 2.19. The molecule has 2 aliphatic rings. The van der Waals surface area contributed by atoms with Crippen LogP contribution in [0.15, 0.2) is 23.2 Å². The SMILES string of the molecule is Fc1cc(C2=NCCCN2)ccc1N1CCCC1. The lowest BCUT2D eigenvalue weighted by molar-refractivity contribution is 0.622. The first kappa shape index (κ1) is 11.5. The zero-order valence-corrected chi connectivity index (χ0v) is 10.5. The van der Waals surface area contributed by atoms with Crippen LogP contribution in [-0.4, -0.2) is 32.0 Å². The van der Waals surface area contributed by atoms with E-state index in [1.165, 1.54) is 0 Å². The van der Waals surface area contributed by atoms with E-state index in [1.807, 2.05) is 12.1 Å². The molecule has 0 amide bonds. The van der Waals surface area contributed by atoms with Gasteiger partial charge in [0.15, 0.2) is 0 Å². The summed E-state index contributed by atoms with van der Waals surface area (Å²) in [4.78, 5) is 6.51. The van der Waals surface area contributed by atoms with Crippen molar-refractivity contribution in [3.63, 3.8) is 0 Å². The predicted molar refractivity (Wildman–Crippen MR) is 71.9 cm³/mol. The number of anilines is 1. The van der Waals surface area contributed by atoms with Crippen molar-refractivity contribution in [3.8, 4) is 0 Å². The van der Waals surface area contributed by atoms with Crippen molar-refractivity contribution in [2.24, 2.45) is 4.99 Å². The van der Waals surface area contributed by atoms with Crippen LogP contribution in [0.3, 0.4) is 0 Å². The number of benzene rings is 1. The second-order valence-corrected chi connectivity index (χ2v) is 4.87. The Morgan fingerprint density at radius 1 is 1.17 bits per heavy atom. The van der Waals surface area contributed by atoms with Crippen molar-refractivity contribution in [1.29, 1.82) is 0 Å². The molecule has 2 aliphatic heterocycles. The molecule has 3 rings (SSSR count). The molecule has 3 nitrogen and oxygen atoms in total. The highest BCUT2D eigenvalue weighted by Crippen LogP contribution is 2.24. The van der Waals surface area contributed by atoms with Crippen LogP contribution < -0.4 is 10.2 Å². The lowest BCUT2D eigenvalue weighted by Crippen LogP contribution is -2.30. The fourth-order valence-electron chi connectivity index (χ4n) is 2.59. The molecule has 18 heavy (non-hydrogen) atoms. The maximum absolute atomic E-state index is 14.1. The summed E-state index contributed by atoms with van der Waals surface area (Å²) in [7, 11) is 0. The van der Waals surface area contributed by atoms with Crippen molar-refractivity contribution in [2.75, 3.05) is 31.1 Å². The molecule has 0 atom stereocenters. The zero-order valence-electron chi connectivity index (χ0n) is 10.5. The van der Waals surface area contributed by atoms with Gasteiger partial charge in [0.05, 0.1) is 5.69 Å². The number of aliphatic imine (C=N–C) groups is 1. The Bertz CT molecular complexity index is 464. The van der Waals surface area contributed by atoms with Crippen LogP contribution in [0.4, 0.5) is 10.1 Å². The largest absolute Gasteiger partial charge is 0.370 e. The van der Waals surface area contributed by atoms with Crippen molar-refractivity contribution in [3.05, 3.63) is 29.6 Å². The Kier molecular flexibility index (Phi) is 3.17. The number of nitrogens with one attached hydrogen (secondary N) is 1. The van der Waals surface area contributed by atoms with E-state index in [0.717, 1.165) is 62.5 Å². The second-order valence-electron chi connectivity index (χ2n) is 4.87. The van der Waals surface area contributed by atoms with E-state index in [0.29, 0.717) is 0 Å². The fraction of sp³-hybridized carbons (Fsp3) is 0.500. The second kappa shape index (κ2) is 4.96. The molecule has 96 valence electrons. The first-order chi connectivity index (χ1) is 8.84. The minimum absolute atomic E-state index is 0.135. The molecule has 1 N–H and O–H groups in total. The minimum Gasteiger partial charge on any atom is -0.370 e. The third-order valence-electron chi connectivity index (χ3n) is 3.57. The van der Waals surface area contributed by atoms with Gasteiger partial charge in [-0.3, -0.25) is 4.99 Å². The van der Waals surface area contributed by atoms with E-state index in [-0.39, 0.29) is 5.82 Å². The summed E-state index contributed by atoms with van der Waals surface area (Å²) in [5.41, 5.74) is 1.59. The number of halogens is 1. The Hall–Kier alpha value is -1.58. The third-order valence-corrected chi connectivity index (χ3v) is 3.57. The summed E-state index contributed by atoms with van der Waals surface area (Å²) in [6, 6.07) is 5.45. The normalized spacial score (nSPS) is 19.6. The fourth-order valence-corrected chi connectivity index (χ4v) is 2.59. The maximum atomic E-state index is 14.1. The van der Waals surface area contributed by atoms with Gasteiger partial charge in [0.2, 0.25) is 0 Å². The van der Waals surface area contributed by atoms with Crippen molar-refractivity contribution in [2.45, 2.75) is 19.3 Å². The molecular weight excluding hydrogens is 229 g/mol. The molecule has 4 heteroatoms. The standard InChI is InChI=1S/C14H18FN3/c15-12-10-11(14-16-6-3-7-17-14)4-5-13(12)18-8-1-2-9-18/h4-5,10H,1-3,6-9H2,(H,16,17). The van der Waals surface area contributed by atoms with Gasteiger partial charge in [0, 0.05) is 31.7 Å². The van der Waals surface area contributed by atoms with Crippen molar-refractivity contribution < 1.29 is 4.39 Å². The van der Waals surface area contributed by atoms with Crippen LogP contribution in [0.2, 0.25) is 0 Å². The molecule has 1 aromatic carbocycles. The Morgan fingerprint density at radius 2 is 2.00 bits per heavy atom. The van der Waals surface area contributed by atoms with Gasteiger partial charge in [-0.1, -0.05) is 0 Å². The van der Waals surface area contributed by atoms with E-state index in [2.05, 4.69) is 15.2 Å². The van der Waals surface area contributed by atoms with Gasteiger partial charge < -0.3 is 10.2 Å². The summed E-state index contributed by atoms with van der Waals surface area (Å²) >= 11 is 0. The molecule has 0 saturated carbocycles. The average molecular weight is 247 g/mol. The first-order valence-electron chi connectivity index (χ1n) is 6.68. The molecule has 1 saturated heterocycles. The van der Waals surface area contributed by atoms with Crippen molar-refractivity contribution in [1.82, 2.24) is 5.32 Å². The highest BCUT2D eigenvalue weighted by molar-refractivity contribution is 5.99. The molecule has 0 bridgehead atoms. The van der Waals surface area contributed by atoms with E-state index in [4.69, 9.17) is 0 Å². The average Bonchev–Trinajstić information content (AvgIpc) is 2.93. The Balaban J connectivity index is 1.86. The van der Waals surface area contributed by atoms with Gasteiger partial charge in [0.25, 0.3) is 0 Å². The lowest BCUT2D eigenvalue weighted by Gasteiger charge is -2.20. The van der Waals surface area contributed by atoms with E-state index in [9.17, 15) is 4.39 Å². The van der Waals surface area contributed by atoms with Crippen LogP contribution in [-0.2, 0) is 0 Å². The molecular formula is C14H18FN3. The van der Waals surface area contributed by atoms with Gasteiger partial charge in [-0.05, 0) is 37.5 Å². The topological polar surface area (TPSA) is 27.6 Å². The van der Waals surface area contributed by atoms with Crippen LogP contribution in [0, 0.1) is 5.82 Å². The number of hydrogen-bond acceptors (Lipinski definition) is 3. The zero-order chi connectivity index (χ0) is 12.4. The van der Waals surface area contributed by atoms with Crippen LogP contribution in [0.5, 0.6) is 0 Å². The van der Waals surface area contributed by atoms with Gasteiger partial charge in [-0.25, -0.2) is 4.39 Å². The highest BCUT2D eigenvalue weighted by Gasteiger charge is 2.17. The predicted octanol–water partition coefficient (Wildman–Crippen LogP) is 2.17. The van der Waals surface area contributed by atoms with Gasteiger partial charge >= 0.3 is 0 Å². The Morgan fingerprint density at radius 3 is 2.67 bits per heavy atom. The molecule has 2 heterocycles. The summed E-state index contributed by atoms with van der Waals surface area (Å²) in [6.07, 6.45) is 3.38. The lowest BCUT2D eigenvalue weighted by atomic mass is 10.1. The molecule has 0 aromatic heterocycles. The summed E-state index contributed by atoms with van der Waals surface area (Å²) in [5.74, 6) is 0.692. The molecule has 1 fully saturated rings. The van der Waals surface area contributed by atoms with E-state index < -0.39 is 0 Å². The molecule has 1 aromatic rings. The monoisotopic (exact) mass is 247 g/mol. The van der Waals surface area contributed by atoms with Crippen molar-refractivity contribution >= 4 is 11.5 Å². The van der Waals surface area contributed by atoms with Gasteiger partial charge in [0.1, 0.15) is 11.7 Å². The molecule has 0 aliphatic carbocycles. The summed E-state index contributed by atoms with van der Waals surface area (Å²) in [6.45, 7) is 3.69. The van der Waals surface area contributed by atoms with Crippen LogP contribution in [0.1, 0.15) is 24.8 Å². The molecule has 0 radical (unpaired) electrons. The first-order valence-corrected chi connectivity index (χ1v) is 6.68. The van der Waals surface area contributed by atoms with Gasteiger partial charge in [-0.15, -0.1) is 0 Å². The number of hydrogen-bond donors (Lipinski definition) is 1. The van der Waals surface area contributed by atoms with Crippen LogP contribution in [0.25, 0.3) is 0 Å². The van der Waals surface area contributed by atoms with Crippen LogP contribution >= 0.6 is 0 Å². The summed E-state index contributed by atoms with van der Waals surface area (Å²) < 4.78 is 14.1. The highest BCUT2D eigenvalue weighted by atomic mass is 19.1. The Labute approximate surface area is 107 Å². The maximum Gasteiger partial charge on any atom is 0.147 e. The van der Waals surface area contributed by atoms with Gasteiger partial charge in [-0.2, -0.15) is 0 Å². The van der Waals surface area contributed by atoms with E-state index in [1.54, 1.807) is 6.07 Å². The molecule has 0 unspecified atom stereocenters. The number of nitrogens with zero attached hydrogens (tertiary/aromatic N) is 2. The molecule has 0 spiro atoms. The summed E-state index contributed by atoms with van der Waals surface area (Å²) in [5, 5.41) is 3.22.